The fourth-order valence-corrected chi connectivity index (χ4v) is 3.13. The molecule has 0 atom stereocenters. The summed E-state index contributed by atoms with van der Waals surface area (Å²) in [6, 6.07) is 13.9. The molecule has 0 fully saturated rings. The predicted octanol–water partition coefficient (Wildman–Crippen LogP) is 1.98. The van der Waals surface area contributed by atoms with Gasteiger partial charge in [0.25, 0.3) is 0 Å². The van der Waals surface area contributed by atoms with Crippen LogP contribution in [0.25, 0.3) is 11.4 Å². The lowest BCUT2D eigenvalue weighted by molar-refractivity contribution is -0.117. The van der Waals surface area contributed by atoms with Crippen molar-refractivity contribution in [2.75, 3.05) is 5.32 Å². The lowest BCUT2D eigenvalue weighted by atomic mass is 10.2. The van der Waals surface area contributed by atoms with Crippen LogP contribution in [0.1, 0.15) is 0 Å². The maximum Gasteiger partial charge on any atom is 0.341 e. The fourth-order valence-electron chi connectivity index (χ4n) is 2.25. The standard InChI is InChI=1S/C16H13F2N5O3S/c17-16(18)27(25,26)13-9-5-4-8-12(13)19-14(24)10-23-21-15(20-22-23)11-6-2-1-3-7-11/h1-9,16H,10H2,(H,19,24). The van der Waals surface area contributed by atoms with Crippen LogP contribution in [0.15, 0.2) is 59.5 Å². The number of halogens is 2. The third kappa shape index (κ3) is 4.14. The van der Waals surface area contributed by atoms with Gasteiger partial charge in [-0.25, -0.2) is 8.42 Å². The number of nitrogens with zero attached hydrogens (tertiary/aromatic N) is 4. The van der Waals surface area contributed by atoms with Crippen molar-refractivity contribution in [2.45, 2.75) is 17.2 Å². The quantitative estimate of drug-likeness (QED) is 0.686. The van der Waals surface area contributed by atoms with Crippen LogP contribution in [-0.2, 0) is 21.2 Å². The second kappa shape index (κ2) is 7.58. The molecule has 0 saturated carbocycles. The van der Waals surface area contributed by atoms with Crippen LogP contribution in [0.5, 0.6) is 0 Å². The Morgan fingerprint density at radius 3 is 2.44 bits per heavy atom. The number of rotatable bonds is 6. The van der Waals surface area contributed by atoms with Gasteiger partial charge < -0.3 is 5.32 Å². The molecule has 3 rings (SSSR count). The van der Waals surface area contributed by atoms with Crippen LogP contribution < -0.4 is 5.32 Å². The number of anilines is 1. The molecule has 1 aromatic heterocycles. The Morgan fingerprint density at radius 1 is 1.07 bits per heavy atom. The lowest BCUT2D eigenvalue weighted by Crippen LogP contribution is -2.22. The summed E-state index contributed by atoms with van der Waals surface area (Å²) in [5, 5.41) is 13.9. The van der Waals surface area contributed by atoms with E-state index in [0.717, 1.165) is 10.9 Å². The minimum atomic E-state index is -4.86. The molecule has 0 aliphatic rings. The van der Waals surface area contributed by atoms with E-state index in [-0.39, 0.29) is 12.2 Å². The second-order valence-electron chi connectivity index (χ2n) is 5.36. The molecule has 1 heterocycles. The number of carbonyl (C=O) groups is 1. The summed E-state index contributed by atoms with van der Waals surface area (Å²) in [7, 11) is -4.86. The number of amides is 1. The smallest absolute Gasteiger partial charge is 0.323 e. The summed E-state index contributed by atoms with van der Waals surface area (Å²) in [6.45, 7) is -0.372. The van der Waals surface area contributed by atoms with Crippen molar-refractivity contribution >= 4 is 21.4 Å². The SMILES string of the molecule is O=C(Cn1nnc(-c2ccccc2)n1)Nc1ccccc1S(=O)(=O)C(F)F. The van der Waals surface area contributed by atoms with E-state index in [1.54, 1.807) is 24.3 Å². The molecule has 0 aliphatic carbocycles. The van der Waals surface area contributed by atoms with Crippen molar-refractivity contribution in [1.82, 2.24) is 20.2 Å². The van der Waals surface area contributed by atoms with Gasteiger partial charge in [0.1, 0.15) is 6.54 Å². The molecule has 0 bridgehead atoms. The first-order chi connectivity index (χ1) is 12.9. The minimum absolute atomic E-state index is 0.244. The number of sulfone groups is 1. The first-order valence-electron chi connectivity index (χ1n) is 7.62. The van der Waals surface area contributed by atoms with E-state index >= 15 is 0 Å². The first-order valence-corrected chi connectivity index (χ1v) is 9.17. The Hall–Kier alpha value is -3.21. The summed E-state index contributed by atoms with van der Waals surface area (Å²) in [4.78, 5) is 12.5. The van der Waals surface area contributed by atoms with Gasteiger partial charge in [-0.05, 0) is 17.3 Å². The lowest BCUT2D eigenvalue weighted by Gasteiger charge is -2.10. The van der Waals surface area contributed by atoms with Crippen molar-refractivity contribution < 1.29 is 22.0 Å². The first kappa shape index (κ1) is 18.6. The van der Waals surface area contributed by atoms with Gasteiger partial charge >= 0.3 is 5.76 Å². The van der Waals surface area contributed by atoms with Crippen molar-refractivity contribution in [3.05, 3.63) is 54.6 Å². The number of tetrazole rings is 1. The van der Waals surface area contributed by atoms with Gasteiger partial charge in [0.05, 0.1) is 10.6 Å². The molecule has 0 spiro atoms. The molecule has 0 unspecified atom stereocenters. The van der Waals surface area contributed by atoms with Gasteiger partial charge in [-0.1, -0.05) is 42.5 Å². The number of alkyl halides is 2. The van der Waals surface area contributed by atoms with Crippen molar-refractivity contribution in [3.8, 4) is 11.4 Å². The summed E-state index contributed by atoms with van der Waals surface area (Å²) >= 11 is 0. The number of para-hydroxylation sites is 1. The van der Waals surface area contributed by atoms with Crippen LogP contribution in [-0.4, -0.2) is 40.3 Å². The molecule has 1 N–H and O–H groups in total. The third-order valence-electron chi connectivity index (χ3n) is 3.47. The van der Waals surface area contributed by atoms with Crippen LogP contribution in [0, 0.1) is 0 Å². The van der Waals surface area contributed by atoms with Gasteiger partial charge in [-0.15, -0.1) is 10.2 Å². The zero-order chi connectivity index (χ0) is 19.4. The Kier molecular flexibility index (Phi) is 5.21. The van der Waals surface area contributed by atoms with Gasteiger partial charge in [0.2, 0.25) is 21.6 Å². The topological polar surface area (TPSA) is 107 Å². The molecule has 0 radical (unpaired) electrons. The normalized spacial score (nSPS) is 11.5. The zero-order valence-electron chi connectivity index (χ0n) is 13.7. The number of benzene rings is 2. The number of aromatic nitrogens is 4. The highest BCUT2D eigenvalue weighted by Crippen LogP contribution is 2.26. The van der Waals surface area contributed by atoms with Gasteiger partial charge in [-0.3, -0.25) is 4.79 Å². The number of hydrogen-bond donors (Lipinski definition) is 1. The maximum atomic E-state index is 12.8. The van der Waals surface area contributed by atoms with Crippen molar-refractivity contribution in [1.29, 1.82) is 0 Å². The minimum Gasteiger partial charge on any atom is -0.323 e. The van der Waals surface area contributed by atoms with E-state index < -0.39 is 26.4 Å². The van der Waals surface area contributed by atoms with Gasteiger partial charge in [0.15, 0.2) is 0 Å². The average Bonchev–Trinajstić information content (AvgIpc) is 3.11. The molecule has 0 aliphatic heterocycles. The highest BCUT2D eigenvalue weighted by atomic mass is 32.2. The van der Waals surface area contributed by atoms with E-state index in [1.807, 2.05) is 6.07 Å². The van der Waals surface area contributed by atoms with Crippen LogP contribution in [0.2, 0.25) is 0 Å². The Balaban J connectivity index is 1.75. The van der Waals surface area contributed by atoms with E-state index in [0.29, 0.717) is 11.4 Å². The van der Waals surface area contributed by atoms with Crippen LogP contribution in [0.4, 0.5) is 14.5 Å². The molecule has 11 heteroatoms. The van der Waals surface area contributed by atoms with Gasteiger partial charge in [-0.2, -0.15) is 13.6 Å². The average molecular weight is 393 g/mol. The number of nitrogens with one attached hydrogen (secondary N) is 1. The van der Waals surface area contributed by atoms with Crippen molar-refractivity contribution in [3.63, 3.8) is 0 Å². The van der Waals surface area contributed by atoms with E-state index in [9.17, 15) is 22.0 Å². The van der Waals surface area contributed by atoms with Crippen LogP contribution >= 0.6 is 0 Å². The molecule has 1 amide bonds. The Morgan fingerprint density at radius 2 is 1.74 bits per heavy atom. The maximum absolute atomic E-state index is 12.8. The number of hydrogen-bond acceptors (Lipinski definition) is 6. The second-order valence-corrected chi connectivity index (χ2v) is 7.25. The Labute approximate surface area is 152 Å². The highest BCUT2D eigenvalue weighted by Gasteiger charge is 2.29. The zero-order valence-corrected chi connectivity index (χ0v) is 14.5. The summed E-state index contributed by atoms with van der Waals surface area (Å²) in [5.74, 6) is -3.98. The molecular formula is C16H13F2N5O3S. The largest absolute Gasteiger partial charge is 0.341 e. The third-order valence-corrected chi connectivity index (χ3v) is 4.91. The van der Waals surface area contributed by atoms with E-state index in [4.69, 9.17) is 0 Å². The number of carbonyl (C=O) groups excluding carboxylic acids is 1. The molecule has 140 valence electrons. The molecule has 27 heavy (non-hydrogen) atoms. The van der Waals surface area contributed by atoms with E-state index in [2.05, 4.69) is 20.7 Å². The summed E-state index contributed by atoms with van der Waals surface area (Å²) in [5.41, 5.74) is 0.462. The van der Waals surface area contributed by atoms with Crippen LogP contribution in [0.3, 0.4) is 0 Å². The van der Waals surface area contributed by atoms with E-state index in [1.165, 1.54) is 18.2 Å². The molecule has 0 saturated heterocycles. The van der Waals surface area contributed by atoms with Gasteiger partial charge in [0, 0.05) is 5.56 Å². The molecular weight excluding hydrogens is 380 g/mol. The van der Waals surface area contributed by atoms with Crippen molar-refractivity contribution in [2.24, 2.45) is 0 Å². The summed E-state index contributed by atoms with van der Waals surface area (Å²) in [6.07, 6.45) is 0. The highest BCUT2D eigenvalue weighted by molar-refractivity contribution is 7.91. The molecule has 3 aromatic rings. The monoisotopic (exact) mass is 393 g/mol. The Bertz CT molecular complexity index is 1050. The molecule has 2 aromatic carbocycles. The predicted molar refractivity (Wildman–Crippen MR) is 91.5 cm³/mol. The summed E-state index contributed by atoms with van der Waals surface area (Å²) < 4.78 is 49.0. The fraction of sp³-hybridized carbons (Fsp3) is 0.125. The molecule has 8 nitrogen and oxygen atoms in total.